The molecule has 0 bridgehead atoms. The van der Waals surface area contributed by atoms with Crippen LogP contribution >= 0.6 is 0 Å². The molecular weight excluding hydrogens is 232 g/mol. The Kier molecular flexibility index (Phi) is 3.06. The van der Waals surface area contributed by atoms with Crippen molar-refractivity contribution >= 4 is 28.5 Å². The highest BCUT2D eigenvalue weighted by Gasteiger charge is 2.19. The van der Waals surface area contributed by atoms with Crippen molar-refractivity contribution in [1.82, 2.24) is 4.98 Å². The molecular formula is C13H14N2O3. The fourth-order valence-electron chi connectivity index (χ4n) is 1.87. The molecule has 2 aromatic rings. The summed E-state index contributed by atoms with van der Waals surface area (Å²) in [5.41, 5.74) is 2.58. The van der Waals surface area contributed by atoms with Crippen LogP contribution in [0.4, 0.5) is 5.69 Å². The van der Waals surface area contributed by atoms with Crippen molar-refractivity contribution in [3.63, 3.8) is 0 Å². The number of aryl methyl sites for hydroxylation is 1. The Labute approximate surface area is 104 Å². The molecule has 0 saturated carbocycles. The summed E-state index contributed by atoms with van der Waals surface area (Å²) in [5, 5.41) is 3.45. The SMILES string of the molecule is COC(=O)c1[nH]c2cc(C)ccc2c1NC(C)=O. The first-order chi connectivity index (χ1) is 8.52. The van der Waals surface area contributed by atoms with Gasteiger partial charge >= 0.3 is 5.97 Å². The average Bonchev–Trinajstić information content (AvgIpc) is 2.65. The lowest BCUT2D eigenvalue weighted by Crippen LogP contribution is -2.11. The van der Waals surface area contributed by atoms with Gasteiger partial charge in [0.05, 0.1) is 12.8 Å². The van der Waals surface area contributed by atoms with Crippen molar-refractivity contribution < 1.29 is 14.3 Å². The fraction of sp³-hybridized carbons (Fsp3) is 0.231. The van der Waals surface area contributed by atoms with Crippen LogP contribution in [-0.2, 0) is 9.53 Å². The third kappa shape index (κ3) is 2.07. The second kappa shape index (κ2) is 4.52. The van der Waals surface area contributed by atoms with E-state index in [-0.39, 0.29) is 11.6 Å². The highest BCUT2D eigenvalue weighted by Crippen LogP contribution is 2.29. The number of nitrogens with one attached hydrogen (secondary N) is 2. The van der Waals surface area contributed by atoms with Crippen LogP contribution in [-0.4, -0.2) is 24.0 Å². The minimum atomic E-state index is -0.507. The molecule has 0 atom stereocenters. The number of fused-ring (bicyclic) bond motifs is 1. The van der Waals surface area contributed by atoms with Crippen molar-refractivity contribution in [3.8, 4) is 0 Å². The highest BCUT2D eigenvalue weighted by molar-refractivity contribution is 6.10. The Bertz CT molecular complexity index is 628. The number of aromatic nitrogens is 1. The van der Waals surface area contributed by atoms with Gasteiger partial charge in [-0.15, -0.1) is 0 Å². The fourth-order valence-corrected chi connectivity index (χ4v) is 1.87. The number of carbonyl (C=O) groups excluding carboxylic acids is 2. The van der Waals surface area contributed by atoms with E-state index in [4.69, 9.17) is 4.74 Å². The number of ether oxygens (including phenoxy) is 1. The number of carbonyl (C=O) groups is 2. The molecule has 1 heterocycles. The van der Waals surface area contributed by atoms with Crippen molar-refractivity contribution in [1.29, 1.82) is 0 Å². The molecule has 0 saturated heterocycles. The largest absolute Gasteiger partial charge is 0.464 e. The molecule has 0 aliphatic rings. The van der Waals surface area contributed by atoms with Gasteiger partial charge < -0.3 is 15.0 Å². The van der Waals surface area contributed by atoms with Crippen LogP contribution in [0.2, 0.25) is 0 Å². The molecule has 5 nitrogen and oxygen atoms in total. The molecule has 0 unspecified atom stereocenters. The number of H-pyrrole nitrogens is 1. The molecule has 5 heteroatoms. The monoisotopic (exact) mass is 246 g/mol. The molecule has 1 amide bonds. The van der Waals surface area contributed by atoms with Crippen LogP contribution in [0.15, 0.2) is 18.2 Å². The van der Waals surface area contributed by atoms with E-state index in [0.29, 0.717) is 5.69 Å². The maximum atomic E-state index is 11.7. The molecule has 94 valence electrons. The lowest BCUT2D eigenvalue weighted by Gasteiger charge is -2.03. The minimum absolute atomic E-state index is 0.235. The van der Waals surface area contributed by atoms with Gasteiger partial charge in [0, 0.05) is 17.8 Å². The molecule has 1 aromatic carbocycles. The van der Waals surface area contributed by atoms with Crippen LogP contribution in [0.1, 0.15) is 23.0 Å². The molecule has 2 N–H and O–H groups in total. The molecule has 0 fully saturated rings. The van der Waals surface area contributed by atoms with E-state index in [9.17, 15) is 9.59 Å². The van der Waals surface area contributed by atoms with Crippen LogP contribution in [0.25, 0.3) is 10.9 Å². The molecule has 0 aliphatic carbocycles. The van der Waals surface area contributed by atoms with E-state index in [2.05, 4.69) is 10.3 Å². The summed E-state index contributed by atoms with van der Waals surface area (Å²) in [6, 6.07) is 5.69. The van der Waals surface area contributed by atoms with Gasteiger partial charge in [-0.25, -0.2) is 4.79 Å². The van der Waals surface area contributed by atoms with E-state index in [1.54, 1.807) is 0 Å². The van der Waals surface area contributed by atoms with Crippen LogP contribution in [0.3, 0.4) is 0 Å². The zero-order valence-corrected chi connectivity index (χ0v) is 10.5. The molecule has 0 spiro atoms. The van der Waals surface area contributed by atoms with E-state index >= 15 is 0 Å². The lowest BCUT2D eigenvalue weighted by molar-refractivity contribution is -0.114. The van der Waals surface area contributed by atoms with Crippen LogP contribution in [0, 0.1) is 6.92 Å². The predicted molar refractivity (Wildman–Crippen MR) is 68.7 cm³/mol. The number of anilines is 1. The van der Waals surface area contributed by atoms with Gasteiger partial charge in [-0.2, -0.15) is 0 Å². The Balaban J connectivity index is 2.67. The van der Waals surface area contributed by atoms with Gasteiger partial charge in [0.2, 0.25) is 5.91 Å². The summed E-state index contributed by atoms with van der Waals surface area (Å²) in [6.45, 7) is 3.35. The topological polar surface area (TPSA) is 71.2 Å². The average molecular weight is 246 g/mol. The summed E-state index contributed by atoms with van der Waals surface area (Å²) >= 11 is 0. The van der Waals surface area contributed by atoms with Crippen molar-refractivity contribution in [2.24, 2.45) is 0 Å². The predicted octanol–water partition coefficient (Wildman–Crippen LogP) is 2.22. The Morgan fingerprint density at radius 2 is 2.06 bits per heavy atom. The minimum Gasteiger partial charge on any atom is -0.464 e. The van der Waals surface area contributed by atoms with E-state index in [0.717, 1.165) is 16.5 Å². The van der Waals surface area contributed by atoms with E-state index < -0.39 is 5.97 Å². The molecule has 2 rings (SSSR count). The second-order valence-electron chi connectivity index (χ2n) is 4.10. The molecule has 0 radical (unpaired) electrons. The van der Waals surface area contributed by atoms with Gasteiger partial charge in [0.25, 0.3) is 0 Å². The van der Waals surface area contributed by atoms with Gasteiger partial charge in [-0.3, -0.25) is 4.79 Å². The van der Waals surface area contributed by atoms with Crippen molar-refractivity contribution in [3.05, 3.63) is 29.5 Å². The number of hydrogen-bond acceptors (Lipinski definition) is 3. The maximum absolute atomic E-state index is 11.7. The third-order valence-electron chi connectivity index (χ3n) is 2.64. The maximum Gasteiger partial charge on any atom is 0.356 e. The number of aromatic amines is 1. The van der Waals surface area contributed by atoms with E-state index in [1.165, 1.54) is 14.0 Å². The smallest absolute Gasteiger partial charge is 0.356 e. The van der Waals surface area contributed by atoms with Gasteiger partial charge in [-0.1, -0.05) is 12.1 Å². The zero-order valence-electron chi connectivity index (χ0n) is 10.5. The molecule has 0 aliphatic heterocycles. The quantitative estimate of drug-likeness (QED) is 0.798. The first-order valence-electron chi connectivity index (χ1n) is 5.51. The first-order valence-corrected chi connectivity index (χ1v) is 5.51. The summed E-state index contributed by atoms with van der Waals surface area (Å²) in [5.74, 6) is -0.741. The number of amides is 1. The zero-order chi connectivity index (χ0) is 13.3. The number of methoxy groups -OCH3 is 1. The lowest BCUT2D eigenvalue weighted by atomic mass is 10.1. The van der Waals surface area contributed by atoms with Gasteiger partial charge in [0.15, 0.2) is 0 Å². The normalized spacial score (nSPS) is 10.4. The third-order valence-corrected chi connectivity index (χ3v) is 2.64. The number of rotatable bonds is 2. The second-order valence-corrected chi connectivity index (χ2v) is 4.10. The van der Waals surface area contributed by atoms with Crippen molar-refractivity contribution in [2.45, 2.75) is 13.8 Å². The summed E-state index contributed by atoms with van der Waals surface area (Å²) in [4.78, 5) is 25.8. The summed E-state index contributed by atoms with van der Waals surface area (Å²) < 4.78 is 4.70. The first kappa shape index (κ1) is 12.2. The Morgan fingerprint density at radius 3 is 2.67 bits per heavy atom. The Hall–Kier alpha value is -2.30. The number of benzene rings is 1. The van der Waals surface area contributed by atoms with Crippen LogP contribution in [0.5, 0.6) is 0 Å². The van der Waals surface area contributed by atoms with Gasteiger partial charge in [-0.05, 0) is 18.6 Å². The summed E-state index contributed by atoms with van der Waals surface area (Å²) in [6.07, 6.45) is 0. The number of esters is 1. The van der Waals surface area contributed by atoms with Crippen molar-refractivity contribution in [2.75, 3.05) is 12.4 Å². The molecule has 18 heavy (non-hydrogen) atoms. The van der Waals surface area contributed by atoms with E-state index in [1.807, 2.05) is 25.1 Å². The standard InChI is InChI=1S/C13H14N2O3/c1-7-4-5-9-10(6-7)15-12(13(17)18-3)11(9)14-8(2)16/h4-6,15H,1-3H3,(H,14,16). The Morgan fingerprint density at radius 1 is 1.33 bits per heavy atom. The van der Waals surface area contributed by atoms with Crippen LogP contribution < -0.4 is 5.32 Å². The number of hydrogen-bond donors (Lipinski definition) is 2. The van der Waals surface area contributed by atoms with Gasteiger partial charge in [0.1, 0.15) is 5.69 Å². The highest BCUT2D eigenvalue weighted by atomic mass is 16.5. The summed E-state index contributed by atoms with van der Waals surface area (Å²) in [7, 11) is 1.30. The molecule has 1 aromatic heterocycles.